The van der Waals surface area contributed by atoms with Crippen molar-refractivity contribution in [1.29, 1.82) is 0 Å². The van der Waals surface area contributed by atoms with E-state index in [2.05, 4.69) is 19.2 Å². The van der Waals surface area contributed by atoms with Crippen molar-refractivity contribution in [1.82, 2.24) is 10.2 Å². The average Bonchev–Trinajstić information content (AvgIpc) is 2.34. The Labute approximate surface area is 115 Å². The summed E-state index contributed by atoms with van der Waals surface area (Å²) in [7, 11) is 0. The molecule has 110 valence electrons. The number of carboxylic acid groups (broad SMARTS) is 1. The van der Waals surface area contributed by atoms with E-state index in [4.69, 9.17) is 5.11 Å². The molecule has 0 radical (unpaired) electrons. The van der Waals surface area contributed by atoms with E-state index in [-0.39, 0.29) is 18.0 Å². The van der Waals surface area contributed by atoms with E-state index >= 15 is 0 Å². The van der Waals surface area contributed by atoms with Crippen LogP contribution in [0.15, 0.2) is 0 Å². The van der Waals surface area contributed by atoms with Gasteiger partial charge in [-0.3, -0.25) is 4.79 Å². The molecule has 5 nitrogen and oxygen atoms in total. The van der Waals surface area contributed by atoms with Gasteiger partial charge < -0.3 is 15.3 Å². The molecule has 0 aromatic carbocycles. The summed E-state index contributed by atoms with van der Waals surface area (Å²) in [6, 6.07) is 0.0198. The zero-order chi connectivity index (χ0) is 14.6. The average molecular weight is 270 g/mol. The van der Waals surface area contributed by atoms with Crippen LogP contribution in [-0.2, 0) is 4.79 Å². The van der Waals surface area contributed by atoms with Gasteiger partial charge >= 0.3 is 12.0 Å². The van der Waals surface area contributed by atoms with Crippen LogP contribution in [-0.4, -0.2) is 41.1 Å². The van der Waals surface area contributed by atoms with E-state index in [1.807, 2.05) is 13.8 Å². The molecule has 19 heavy (non-hydrogen) atoms. The van der Waals surface area contributed by atoms with Crippen molar-refractivity contribution in [2.24, 2.45) is 17.8 Å². The molecule has 2 amide bonds. The van der Waals surface area contributed by atoms with Gasteiger partial charge in [-0.25, -0.2) is 4.79 Å². The molecular weight excluding hydrogens is 244 g/mol. The van der Waals surface area contributed by atoms with Gasteiger partial charge in [-0.15, -0.1) is 0 Å². The minimum absolute atomic E-state index is 0.127. The Kier molecular flexibility index (Phi) is 5.63. The summed E-state index contributed by atoms with van der Waals surface area (Å²) in [6.45, 7) is 9.16. The first-order valence-corrected chi connectivity index (χ1v) is 7.13. The fourth-order valence-electron chi connectivity index (χ4n) is 2.69. The van der Waals surface area contributed by atoms with Gasteiger partial charge in [0.25, 0.3) is 0 Å². The Morgan fingerprint density at radius 3 is 2.47 bits per heavy atom. The Hall–Kier alpha value is -1.26. The van der Waals surface area contributed by atoms with Crippen LogP contribution in [0.1, 0.15) is 40.5 Å². The lowest BCUT2D eigenvalue weighted by atomic mass is 9.90. The highest BCUT2D eigenvalue weighted by Gasteiger charge is 2.32. The quantitative estimate of drug-likeness (QED) is 0.822. The second kappa shape index (κ2) is 6.78. The number of aliphatic carboxylic acids is 1. The zero-order valence-electron chi connectivity index (χ0n) is 12.3. The molecule has 3 unspecified atom stereocenters. The number of nitrogens with one attached hydrogen (secondary N) is 1. The lowest BCUT2D eigenvalue weighted by Crippen LogP contribution is -2.52. The second-order valence-corrected chi connectivity index (χ2v) is 5.99. The third-order valence-corrected chi connectivity index (χ3v) is 3.85. The predicted molar refractivity (Wildman–Crippen MR) is 73.9 cm³/mol. The van der Waals surface area contributed by atoms with Gasteiger partial charge in [0.1, 0.15) is 0 Å². The number of hydrogen-bond acceptors (Lipinski definition) is 2. The summed E-state index contributed by atoms with van der Waals surface area (Å²) in [6.07, 6.45) is 1.54. The molecule has 0 saturated carbocycles. The number of carboxylic acids is 1. The maximum absolute atomic E-state index is 12.2. The molecule has 1 fully saturated rings. The van der Waals surface area contributed by atoms with Gasteiger partial charge in [0.05, 0.1) is 5.92 Å². The Balaban J connectivity index is 2.62. The Bertz CT molecular complexity index is 331. The van der Waals surface area contributed by atoms with Gasteiger partial charge in [-0.05, 0) is 24.7 Å². The smallest absolute Gasteiger partial charge is 0.317 e. The molecule has 0 aromatic heterocycles. The van der Waals surface area contributed by atoms with Gasteiger partial charge in [-0.1, -0.05) is 27.7 Å². The molecule has 3 atom stereocenters. The van der Waals surface area contributed by atoms with E-state index in [1.165, 1.54) is 0 Å². The summed E-state index contributed by atoms with van der Waals surface area (Å²) in [5.41, 5.74) is 0. The van der Waals surface area contributed by atoms with E-state index in [0.29, 0.717) is 25.4 Å². The standard InChI is InChI=1S/C14H26N2O3/c1-5-12(9(2)3)15-14(19)16-7-10(4)6-11(8-16)13(17)18/h9-12H,5-8H2,1-4H3,(H,15,19)(H,17,18). The van der Waals surface area contributed by atoms with Crippen molar-refractivity contribution in [2.45, 2.75) is 46.6 Å². The molecule has 1 saturated heterocycles. The van der Waals surface area contributed by atoms with E-state index in [0.717, 1.165) is 6.42 Å². The lowest BCUT2D eigenvalue weighted by Gasteiger charge is -2.36. The van der Waals surface area contributed by atoms with Crippen LogP contribution < -0.4 is 5.32 Å². The van der Waals surface area contributed by atoms with Gasteiger partial charge in [0, 0.05) is 19.1 Å². The van der Waals surface area contributed by atoms with Crippen LogP contribution in [0.5, 0.6) is 0 Å². The highest BCUT2D eigenvalue weighted by Crippen LogP contribution is 2.22. The van der Waals surface area contributed by atoms with Crippen LogP contribution in [0.4, 0.5) is 4.79 Å². The Morgan fingerprint density at radius 2 is 2.00 bits per heavy atom. The summed E-state index contributed by atoms with van der Waals surface area (Å²) in [4.78, 5) is 25.0. The molecule has 0 spiro atoms. The highest BCUT2D eigenvalue weighted by molar-refractivity contribution is 5.76. The van der Waals surface area contributed by atoms with Crippen LogP contribution in [0, 0.1) is 17.8 Å². The molecule has 1 rings (SSSR count). The first-order valence-electron chi connectivity index (χ1n) is 7.13. The maximum Gasteiger partial charge on any atom is 0.317 e. The van der Waals surface area contributed by atoms with Gasteiger partial charge in [0.15, 0.2) is 0 Å². The molecule has 5 heteroatoms. The molecule has 0 aromatic rings. The maximum atomic E-state index is 12.2. The number of carbonyl (C=O) groups is 2. The summed E-state index contributed by atoms with van der Waals surface area (Å²) >= 11 is 0. The number of carbonyl (C=O) groups excluding carboxylic acids is 1. The van der Waals surface area contributed by atoms with Crippen molar-refractivity contribution in [3.63, 3.8) is 0 Å². The van der Waals surface area contributed by atoms with Crippen molar-refractivity contribution in [3.8, 4) is 0 Å². The number of urea groups is 1. The van der Waals surface area contributed by atoms with E-state index < -0.39 is 11.9 Å². The number of nitrogens with zero attached hydrogens (tertiary/aromatic N) is 1. The fourth-order valence-corrected chi connectivity index (χ4v) is 2.69. The number of likely N-dealkylation sites (tertiary alicyclic amines) is 1. The molecule has 1 aliphatic heterocycles. The SMILES string of the molecule is CCC(NC(=O)N1CC(C)CC(C(=O)O)C1)C(C)C. The number of amides is 2. The second-order valence-electron chi connectivity index (χ2n) is 5.99. The molecular formula is C14H26N2O3. The molecule has 0 bridgehead atoms. The normalized spacial score (nSPS) is 25.2. The van der Waals surface area contributed by atoms with Crippen molar-refractivity contribution in [3.05, 3.63) is 0 Å². The van der Waals surface area contributed by atoms with Crippen molar-refractivity contribution >= 4 is 12.0 Å². The minimum Gasteiger partial charge on any atom is -0.481 e. The Morgan fingerprint density at radius 1 is 1.37 bits per heavy atom. The zero-order valence-corrected chi connectivity index (χ0v) is 12.3. The first-order chi connectivity index (χ1) is 8.85. The highest BCUT2D eigenvalue weighted by atomic mass is 16.4. The lowest BCUT2D eigenvalue weighted by molar-refractivity contribution is -0.143. The molecule has 1 aliphatic rings. The molecule has 0 aliphatic carbocycles. The predicted octanol–water partition coefficient (Wildman–Crippen LogP) is 2.17. The van der Waals surface area contributed by atoms with Crippen LogP contribution in [0.3, 0.4) is 0 Å². The number of piperidine rings is 1. The summed E-state index contributed by atoms with van der Waals surface area (Å²) < 4.78 is 0. The third-order valence-electron chi connectivity index (χ3n) is 3.85. The monoisotopic (exact) mass is 270 g/mol. The largest absolute Gasteiger partial charge is 0.481 e. The van der Waals surface area contributed by atoms with Gasteiger partial charge in [-0.2, -0.15) is 0 Å². The van der Waals surface area contributed by atoms with E-state index in [9.17, 15) is 9.59 Å². The first kappa shape index (κ1) is 15.8. The fraction of sp³-hybridized carbons (Fsp3) is 0.857. The van der Waals surface area contributed by atoms with Crippen LogP contribution >= 0.6 is 0 Å². The van der Waals surface area contributed by atoms with E-state index in [1.54, 1.807) is 4.90 Å². The number of hydrogen-bond donors (Lipinski definition) is 2. The molecule has 2 N–H and O–H groups in total. The van der Waals surface area contributed by atoms with Gasteiger partial charge in [0.2, 0.25) is 0 Å². The number of rotatable bonds is 4. The summed E-state index contributed by atoms with van der Waals surface area (Å²) in [5.74, 6) is -0.625. The summed E-state index contributed by atoms with van der Waals surface area (Å²) in [5, 5.41) is 12.1. The molecule has 1 heterocycles. The van der Waals surface area contributed by atoms with Crippen molar-refractivity contribution in [2.75, 3.05) is 13.1 Å². The van der Waals surface area contributed by atoms with Crippen molar-refractivity contribution < 1.29 is 14.7 Å². The van der Waals surface area contributed by atoms with Crippen LogP contribution in [0.2, 0.25) is 0 Å². The third kappa shape index (κ3) is 4.40. The van der Waals surface area contributed by atoms with Crippen LogP contribution in [0.25, 0.3) is 0 Å². The minimum atomic E-state index is -0.805. The topological polar surface area (TPSA) is 69.6 Å².